The number of carboxylic acids is 1. The normalized spacial score (nSPS) is 14.4. The molecule has 0 aromatic heterocycles. The summed E-state index contributed by atoms with van der Waals surface area (Å²) in [6.45, 7) is 0. The molecule has 5 nitrogen and oxygen atoms in total. The Morgan fingerprint density at radius 1 is 1.70 bits per heavy atom. The second kappa shape index (κ2) is 4.33. The first-order valence-corrected chi connectivity index (χ1v) is 4.05. The number of nitrogens with two attached hydrogens (primary N) is 1. The second-order valence-electron chi connectivity index (χ2n) is 1.81. The highest BCUT2D eigenvalue weighted by atomic mass is 31.1. The van der Waals surface area contributed by atoms with E-state index >= 15 is 0 Å². The van der Waals surface area contributed by atoms with Crippen LogP contribution in [0.15, 0.2) is 0 Å². The summed E-state index contributed by atoms with van der Waals surface area (Å²) in [5, 5.41) is 8.19. The highest BCUT2D eigenvalue weighted by Gasteiger charge is 2.17. The average Bonchev–Trinajstić information content (AvgIpc) is 1.82. The fourth-order valence-corrected chi connectivity index (χ4v) is 0.872. The van der Waals surface area contributed by atoms with Gasteiger partial charge in [0.25, 0.3) is 0 Å². The van der Waals surface area contributed by atoms with Crippen molar-refractivity contribution in [3.63, 3.8) is 0 Å². The Morgan fingerprint density at radius 3 is 2.50 bits per heavy atom. The van der Waals surface area contributed by atoms with Crippen LogP contribution in [0, 0.1) is 0 Å². The van der Waals surface area contributed by atoms with Crippen molar-refractivity contribution in [2.45, 2.75) is 12.5 Å². The molecule has 0 aliphatic carbocycles. The van der Waals surface area contributed by atoms with E-state index in [-0.39, 0.29) is 12.6 Å². The third-order valence-electron chi connectivity index (χ3n) is 0.949. The van der Waals surface area contributed by atoms with Crippen molar-refractivity contribution >= 4 is 14.0 Å². The quantitative estimate of drug-likeness (QED) is 0.490. The first-order chi connectivity index (χ1) is 4.54. The minimum atomic E-state index is -2.25. The highest BCUT2D eigenvalue weighted by molar-refractivity contribution is 7.37. The maximum atomic E-state index is 10.0. The van der Waals surface area contributed by atoms with Crippen LogP contribution < -0.4 is 5.73 Å². The van der Waals surface area contributed by atoms with Crippen LogP contribution in [-0.2, 0) is 9.36 Å². The Labute approximate surface area is 58.7 Å². The van der Waals surface area contributed by atoms with Gasteiger partial charge < -0.3 is 10.8 Å². The molecule has 0 aliphatic heterocycles. The predicted molar refractivity (Wildman–Crippen MR) is 34.9 cm³/mol. The van der Waals surface area contributed by atoms with Gasteiger partial charge in [-0.1, -0.05) is 0 Å². The summed E-state index contributed by atoms with van der Waals surface area (Å²) in [5.41, 5.74) is 5.03. The van der Waals surface area contributed by atoms with Crippen LogP contribution >= 0.6 is 8.03 Å². The predicted octanol–water partition coefficient (Wildman–Crippen LogP) is -0.477. The van der Waals surface area contributed by atoms with Gasteiger partial charge in [0, 0.05) is 6.42 Å². The molecule has 0 aromatic rings. The molecule has 4 N–H and O–H groups in total. The number of hydrogen-bond acceptors (Lipinski definition) is 3. The minimum absolute atomic E-state index is 0.0427. The fraction of sp³-hybridized carbons (Fsp3) is 0.750. The largest absolute Gasteiger partial charge is 0.505 e. The lowest BCUT2D eigenvalue weighted by Crippen LogP contribution is -2.30. The lowest BCUT2D eigenvalue weighted by atomic mass is 10.2. The molecule has 0 spiro atoms. The molecule has 0 aromatic carbocycles. The van der Waals surface area contributed by atoms with E-state index in [4.69, 9.17) is 15.7 Å². The molecule has 58 valence electrons. The molecule has 0 radical (unpaired) electrons. The van der Waals surface area contributed by atoms with Crippen LogP contribution in [0.5, 0.6) is 0 Å². The Hall–Kier alpha value is -0.510. The molecule has 2 atom stereocenters. The number of rotatable bonds is 4. The van der Waals surface area contributed by atoms with Crippen LogP contribution in [0.25, 0.3) is 0 Å². The molecule has 0 aliphatic rings. The molecule has 6 heteroatoms. The summed E-state index contributed by atoms with van der Waals surface area (Å²) >= 11 is 0. The zero-order valence-corrected chi connectivity index (χ0v) is 6.12. The number of carbonyl (C=O) groups is 1. The first kappa shape index (κ1) is 9.49. The van der Waals surface area contributed by atoms with Crippen LogP contribution in [0.4, 0.5) is 0 Å². The van der Waals surface area contributed by atoms with E-state index < -0.39 is 20.0 Å². The summed E-state index contributed by atoms with van der Waals surface area (Å²) in [6, 6.07) is -1.02. The maximum Gasteiger partial charge on any atom is 0.505 e. The van der Waals surface area contributed by atoms with E-state index in [1.807, 2.05) is 0 Å². The second-order valence-corrected chi connectivity index (χ2v) is 2.96. The Balaban J connectivity index is 3.49. The summed E-state index contributed by atoms with van der Waals surface area (Å²) in [5.74, 6) is -1.14. The van der Waals surface area contributed by atoms with Gasteiger partial charge in [0.2, 0.25) is 0 Å². The molecule has 1 unspecified atom stereocenters. The molecule has 0 heterocycles. The van der Waals surface area contributed by atoms with E-state index in [0.717, 1.165) is 0 Å². The summed E-state index contributed by atoms with van der Waals surface area (Å²) in [4.78, 5) is 18.3. The number of hydrogen-bond donors (Lipinski definition) is 3. The third-order valence-corrected chi connectivity index (χ3v) is 1.59. The van der Waals surface area contributed by atoms with Gasteiger partial charge in [-0.3, -0.25) is 4.79 Å². The van der Waals surface area contributed by atoms with Crippen molar-refractivity contribution in [1.82, 2.24) is 0 Å². The maximum absolute atomic E-state index is 10.0. The van der Waals surface area contributed by atoms with Crippen molar-refractivity contribution < 1.29 is 19.4 Å². The van der Waals surface area contributed by atoms with Crippen molar-refractivity contribution in [3.05, 3.63) is 0 Å². The molecular formula is C4H9NO4P+. The van der Waals surface area contributed by atoms with Crippen LogP contribution in [0.3, 0.4) is 0 Å². The van der Waals surface area contributed by atoms with E-state index in [2.05, 4.69) is 0 Å². The van der Waals surface area contributed by atoms with E-state index in [1.165, 1.54) is 0 Å². The zero-order valence-electron chi connectivity index (χ0n) is 5.23. The van der Waals surface area contributed by atoms with E-state index in [0.29, 0.717) is 0 Å². The monoisotopic (exact) mass is 166 g/mol. The van der Waals surface area contributed by atoms with Crippen molar-refractivity contribution in [1.29, 1.82) is 0 Å². The van der Waals surface area contributed by atoms with Gasteiger partial charge in [-0.2, -0.15) is 4.89 Å². The fourth-order valence-electron chi connectivity index (χ4n) is 0.373. The topological polar surface area (TPSA) is 101 Å². The zero-order chi connectivity index (χ0) is 8.15. The Morgan fingerprint density at radius 2 is 2.20 bits per heavy atom. The molecule has 0 fully saturated rings. The molecular weight excluding hydrogens is 157 g/mol. The molecule has 0 saturated carbocycles. The Bertz CT molecular complexity index is 148. The van der Waals surface area contributed by atoms with Gasteiger partial charge in [0.15, 0.2) is 6.16 Å². The summed E-state index contributed by atoms with van der Waals surface area (Å²) in [6.07, 6.45) is -0.0101. The molecule has 10 heavy (non-hydrogen) atoms. The van der Waals surface area contributed by atoms with Crippen LogP contribution in [-0.4, -0.2) is 28.2 Å². The molecule has 0 amide bonds. The van der Waals surface area contributed by atoms with Crippen LogP contribution in [0.2, 0.25) is 0 Å². The number of aliphatic carboxylic acids is 1. The lowest BCUT2D eigenvalue weighted by molar-refractivity contribution is -0.138. The highest BCUT2D eigenvalue weighted by Crippen LogP contribution is 2.14. The van der Waals surface area contributed by atoms with Crippen LogP contribution in [0.1, 0.15) is 6.42 Å². The van der Waals surface area contributed by atoms with Crippen molar-refractivity contribution in [2.24, 2.45) is 5.73 Å². The van der Waals surface area contributed by atoms with Crippen molar-refractivity contribution in [3.8, 4) is 0 Å². The van der Waals surface area contributed by atoms with E-state index in [9.17, 15) is 9.36 Å². The minimum Gasteiger partial charge on any atom is -0.480 e. The van der Waals surface area contributed by atoms with E-state index in [1.54, 1.807) is 0 Å². The lowest BCUT2D eigenvalue weighted by Gasteiger charge is -1.98. The standard InChI is InChI=1S/C4H8NO4P/c5-3(4(6)7)1-2-10(8)9/h3H,1-2,5H2,(H-,6,7,8,9)/p+1/t3-/m1/s1. The van der Waals surface area contributed by atoms with Gasteiger partial charge in [-0.05, 0) is 4.57 Å². The summed E-state index contributed by atoms with van der Waals surface area (Å²) in [7, 11) is -2.25. The van der Waals surface area contributed by atoms with Gasteiger partial charge >= 0.3 is 14.0 Å². The average molecular weight is 166 g/mol. The van der Waals surface area contributed by atoms with Crippen molar-refractivity contribution in [2.75, 3.05) is 6.16 Å². The SMILES string of the molecule is N[C@H](CC[P+](=O)O)C(=O)O. The summed E-state index contributed by atoms with van der Waals surface area (Å²) < 4.78 is 10.0. The van der Waals surface area contributed by atoms with Gasteiger partial charge in [-0.25, -0.2) is 0 Å². The molecule has 0 rings (SSSR count). The van der Waals surface area contributed by atoms with Gasteiger partial charge in [0.05, 0.1) is 0 Å². The Kier molecular flexibility index (Phi) is 4.11. The van der Waals surface area contributed by atoms with Gasteiger partial charge in [-0.15, -0.1) is 0 Å². The number of carboxylic acid groups (broad SMARTS) is 1. The first-order valence-electron chi connectivity index (χ1n) is 2.66. The molecule has 0 saturated heterocycles. The third kappa shape index (κ3) is 4.38. The molecule has 0 bridgehead atoms. The smallest absolute Gasteiger partial charge is 0.480 e. The van der Waals surface area contributed by atoms with Gasteiger partial charge in [0.1, 0.15) is 6.04 Å².